The molecule has 31 heavy (non-hydrogen) atoms. The summed E-state index contributed by atoms with van der Waals surface area (Å²) in [6, 6.07) is 9.28. The number of aromatic amines is 4. The molecule has 4 N–H and O–H groups in total. The first-order valence-electron chi connectivity index (χ1n) is 8.48. The van der Waals surface area contributed by atoms with E-state index in [9.17, 15) is 28.8 Å². The van der Waals surface area contributed by atoms with Crippen molar-refractivity contribution in [2.45, 2.75) is 0 Å². The molecule has 0 spiro atoms. The lowest BCUT2D eigenvalue weighted by Gasteiger charge is -2.03. The van der Waals surface area contributed by atoms with Crippen LogP contribution in [0, 0.1) is 0 Å². The van der Waals surface area contributed by atoms with E-state index in [0.717, 1.165) is 20.5 Å². The number of nitrogens with zero attached hydrogens (tertiary/aromatic N) is 3. The van der Waals surface area contributed by atoms with E-state index in [0.29, 0.717) is 10.6 Å². The van der Waals surface area contributed by atoms with Gasteiger partial charge >= 0.3 is 34.1 Å². The number of aliphatic imine (C=N–C) groups is 1. The van der Waals surface area contributed by atoms with Crippen LogP contribution in [0.1, 0.15) is 5.56 Å². The maximum Gasteiger partial charge on any atom is 0.338 e. The first-order valence-corrected chi connectivity index (χ1v) is 9.29. The number of hydrogen-bond acceptors (Lipinski definition) is 8. The summed E-state index contributed by atoms with van der Waals surface area (Å²) in [7, 11) is 0. The van der Waals surface area contributed by atoms with Gasteiger partial charge in [-0.05, 0) is 29.8 Å². The molecule has 4 rings (SSSR count). The minimum absolute atomic E-state index is 0.245. The molecule has 0 amide bonds. The molecule has 156 valence electrons. The first-order chi connectivity index (χ1) is 14.8. The number of thiophene rings is 1. The molecule has 0 aliphatic carbocycles. The van der Waals surface area contributed by atoms with Gasteiger partial charge in [0.05, 0.1) is 5.69 Å². The molecule has 4 aromatic rings. The zero-order valence-corrected chi connectivity index (χ0v) is 16.1. The third kappa shape index (κ3) is 3.95. The average Bonchev–Trinajstić information content (AvgIpc) is 3.14. The molecule has 0 aliphatic rings. The number of rotatable bonds is 4. The van der Waals surface area contributed by atoms with Crippen molar-refractivity contribution in [1.82, 2.24) is 29.1 Å². The fraction of sp³-hybridized carbons (Fsp3) is 0. The minimum atomic E-state index is -0.893. The van der Waals surface area contributed by atoms with Crippen molar-refractivity contribution < 1.29 is 0 Å². The third-order valence-electron chi connectivity index (χ3n) is 3.98. The number of hydrogen-bond donors (Lipinski definition) is 4. The molecule has 0 aliphatic heterocycles. The minimum Gasteiger partial charge on any atom is -0.258 e. The summed E-state index contributed by atoms with van der Waals surface area (Å²) in [4.78, 5) is 81.8. The number of aromatic nitrogens is 6. The topological polar surface area (TPSA) is 188 Å². The Labute approximate surface area is 172 Å². The third-order valence-corrected chi connectivity index (χ3v) is 4.96. The van der Waals surface area contributed by atoms with Crippen LogP contribution in [0.2, 0.25) is 0 Å². The molecule has 1 aromatic carbocycles. The van der Waals surface area contributed by atoms with E-state index in [2.05, 4.69) is 4.99 Å². The quantitative estimate of drug-likeness (QED) is 0.280. The highest BCUT2D eigenvalue weighted by atomic mass is 32.1. The Hall–Kier alpha value is -4.59. The molecule has 13 nitrogen and oxygen atoms in total. The Balaban J connectivity index is 1.60. The highest BCUT2D eigenvalue weighted by molar-refractivity contribution is 7.18. The van der Waals surface area contributed by atoms with E-state index in [1.165, 1.54) is 24.4 Å². The SMILES string of the molecule is O=c1[nH]c(=O)n(-c2ccc(/C=N/c3ccc(-n4c(=O)[nH]c(=O)[nH]c4=O)s3)cc2)c(=O)[nH]1. The van der Waals surface area contributed by atoms with E-state index >= 15 is 0 Å². The van der Waals surface area contributed by atoms with Gasteiger partial charge in [0.15, 0.2) is 0 Å². The zero-order valence-electron chi connectivity index (χ0n) is 15.2. The molecular formula is C17H11N7O6S. The highest BCUT2D eigenvalue weighted by Crippen LogP contribution is 2.26. The van der Waals surface area contributed by atoms with Crippen molar-refractivity contribution in [3.05, 3.63) is 105 Å². The van der Waals surface area contributed by atoms with Gasteiger partial charge < -0.3 is 0 Å². The molecule has 14 heteroatoms. The predicted molar refractivity (Wildman–Crippen MR) is 112 cm³/mol. The van der Waals surface area contributed by atoms with Crippen molar-refractivity contribution in [3.8, 4) is 10.7 Å². The Kier molecular flexibility index (Phi) is 4.88. The van der Waals surface area contributed by atoms with E-state index in [4.69, 9.17) is 0 Å². The molecule has 0 saturated heterocycles. The largest absolute Gasteiger partial charge is 0.338 e. The van der Waals surface area contributed by atoms with Crippen LogP contribution in [-0.2, 0) is 0 Å². The molecule has 0 saturated carbocycles. The van der Waals surface area contributed by atoms with Crippen molar-refractivity contribution in [1.29, 1.82) is 0 Å². The van der Waals surface area contributed by atoms with Gasteiger partial charge in [0, 0.05) is 6.21 Å². The summed E-state index contributed by atoms with van der Waals surface area (Å²) in [6.45, 7) is 0. The van der Waals surface area contributed by atoms with Crippen LogP contribution in [0.15, 0.2) is 70.2 Å². The molecular weight excluding hydrogens is 430 g/mol. The summed E-state index contributed by atoms with van der Waals surface area (Å²) < 4.78 is 1.55. The van der Waals surface area contributed by atoms with Crippen molar-refractivity contribution in [2.75, 3.05) is 0 Å². The second-order valence-corrected chi connectivity index (χ2v) is 7.05. The second kappa shape index (κ2) is 7.68. The van der Waals surface area contributed by atoms with Gasteiger partial charge in [0.1, 0.15) is 10.0 Å². The molecule has 0 atom stereocenters. The van der Waals surface area contributed by atoms with Crippen LogP contribution in [-0.4, -0.2) is 35.3 Å². The maximum atomic E-state index is 11.9. The Morgan fingerprint density at radius 3 is 1.74 bits per heavy atom. The fourth-order valence-electron chi connectivity index (χ4n) is 2.65. The van der Waals surface area contributed by atoms with Gasteiger partial charge in [0.2, 0.25) is 0 Å². The Morgan fingerprint density at radius 1 is 0.677 bits per heavy atom. The highest BCUT2D eigenvalue weighted by Gasteiger charge is 2.09. The lowest BCUT2D eigenvalue weighted by atomic mass is 10.2. The van der Waals surface area contributed by atoms with Crippen LogP contribution in [0.3, 0.4) is 0 Å². The normalized spacial score (nSPS) is 11.2. The second-order valence-electron chi connectivity index (χ2n) is 6.01. The standard InChI is InChI=1S/C17H11N7O6S/c25-12-19-14(27)23(15(28)20-12)9-3-1-8(2-4-9)7-18-10-5-6-11(31-10)24-16(29)21-13(26)22-17(24)30/h1-7H,(H2,19,20,25,27,28)(H2,21,22,26,29,30)/b18-7+. The maximum absolute atomic E-state index is 11.9. The lowest BCUT2D eigenvalue weighted by Crippen LogP contribution is -2.42. The fourth-order valence-corrected chi connectivity index (χ4v) is 3.50. The van der Waals surface area contributed by atoms with E-state index < -0.39 is 34.1 Å². The summed E-state index contributed by atoms with van der Waals surface area (Å²) >= 11 is 1.04. The van der Waals surface area contributed by atoms with Gasteiger partial charge in [-0.1, -0.05) is 23.5 Å². The van der Waals surface area contributed by atoms with Crippen molar-refractivity contribution in [3.63, 3.8) is 0 Å². The number of nitrogens with one attached hydrogen (secondary N) is 4. The smallest absolute Gasteiger partial charge is 0.258 e. The van der Waals surface area contributed by atoms with Gasteiger partial charge in [-0.2, -0.15) is 0 Å². The van der Waals surface area contributed by atoms with Gasteiger partial charge in [0.25, 0.3) is 0 Å². The molecule has 3 aromatic heterocycles. The van der Waals surface area contributed by atoms with E-state index in [1.807, 2.05) is 19.9 Å². The molecule has 0 bridgehead atoms. The molecule has 3 heterocycles. The van der Waals surface area contributed by atoms with Crippen LogP contribution in [0.5, 0.6) is 0 Å². The van der Waals surface area contributed by atoms with E-state index in [1.54, 1.807) is 18.2 Å². The van der Waals surface area contributed by atoms with Crippen LogP contribution >= 0.6 is 11.3 Å². The summed E-state index contributed by atoms with van der Waals surface area (Å²) in [5.74, 6) is 0. The van der Waals surface area contributed by atoms with Crippen LogP contribution < -0.4 is 34.1 Å². The van der Waals surface area contributed by atoms with Gasteiger partial charge in [-0.3, -0.25) is 19.9 Å². The van der Waals surface area contributed by atoms with E-state index in [-0.39, 0.29) is 10.7 Å². The lowest BCUT2D eigenvalue weighted by molar-refractivity contribution is 0.784. The van der Waals surface area contributed by atoms with Crippen molar-refractivity contribution in [2.24, 2.45) is 4.99 Å². The summed E-state index contributed by atoms with van der Waals surface area (Å²) in [5, 5.41) is 0.742. The first kappa shape index (κ1) is 19.7. The van der Waals surface area contributed by atoms with Crippen molar-refractivity contribution >= 4 is 22.6 Å². The zero-order chi connectivity index (χ0) is 22.1. The molecule has 0 radical (unpaired) electrons. The summed E-state index contributed by atoms with van der Waals surface area (Å²) in [6.07, 6.45) is 1.50. The molecule has 0 fully saturated rings. The molecule has 0 unspecified atom stereocenters. The number of H-pyrrole nitrogens is 4. The van der Waals surface area contributed by atoms with Crippen LogP contribution in [0.25, 0.3) is 10.7 Å². The monoisotopic (exact) mass is 441 g/mol. The average molecular weight is 441 g/mol. The van der Waals surface area contributed by atoms with Crippen LogP contribution in [0.4, 0.5) is 5.00 Å². The Bertz CT molecular complexity index is 1590. The Morgan fingerprint density at radius 2 is 1.19 bits per heavy atom. The van der Waals surface area contributed by atoms with Gasteiger partial charge in [-0.25, -0.2) is 42.9 Å². The predicted octanol–water partition coefficient (Wildman–Crippen LogP) is -1.45. The van der Waals surface area contributed by atoms with Gasteiger partial charge in [-0.15, -0.1) is 0 Å². The number of benzene rings is 1. The summed E-state index contributed by atoms with van der Waals surface area (Å²) in [5.41, 5.74) is -4.38.